The molecule has 66 heteroatoms. The highest BCUT2D eigenvalue weighted by atomic mass is 16.8. The summed E-state index contributed by atoms with van der Waals surface area (Å²) >= 11 is 0. The van der Waals surface area contributed by atoms with Gasteiger partial charge in [0.25, 0.3) is 5.79 Å². The molecule has 38 N–H and O–H groups in total. The molecule has 0 bridgehead atoms. The summed E-state index contributed by atoms with van der Waals surface area (Å²) in [5, 5.41) is 373. The molecule has 6 amide bonds. The van der Waals surface area contributed by atoms with E-state index in [0.29, 0.717) is 0 Å². The Morgan fingerprint density at radius 3 is 0.912 bits per heavy atom. The van der Waals surface area contributed by atoms with E-state index < -0.39 is 470 Å². The minimum absolute atomic E-state index is 0.811. The van der Waals surface area contributed by atoms with E-state index in [-0.39, 0.29) is 0 Å². The van der Waals surface area contributed by atoms with Crippen molar-refractivity contribution in [2.24, 2.45) is 0 Å². The average molecular weight is 2150 g/mol. The number of carboxylic acid groups (broad SMARTS) is 1. The summed E-state index contributed by atoms with van der Waals surface area (Å²) in [5.41, 5.74) is 0. The summed E-state index contributed by atoms with van der Waals surface area (Å²) in [6.45, 7) is -9.88. The fraction of sp³-hybridized carbons (Fsp3) is 0.914. The number of hydrogen-bond donors (Lipinski definition) is 38. The molecule has 0 radical (unpaired) electrons. The van der Waals surface area contributed by atoms with Crippen molar-refractivity contribution in [3.8, 4) is 0 Å². The largest absolute Gasteiger partial charge is 0.477 e. The normalized spacial score (nSPS) is 46.8. The van der Waals surface area contributed by atoms with Crippen LogP contribution in [0, 0.1) is 0 Å². The third kappa shape index (κ3) is 27.1. The number of carbonyl (C=O) groups excluding carboxylic acids is 6. The molecule has 11 rings (SSSR count). The Morgan fingerprint density at radius 1 is 0.293 bits per heavy atom. The summed E-state index contributed by atoms with van der Waals surface area (Å²) in [6.07, 6.45) is -109. The quantitative estimate of drug-likeness (QED) is 0.0270. The number of aliphatic hydroxyl groups excluding tert-OH is 31. The van der Waals surface area contributed by atoms with Gasteiger partial charge < -0.3 is 295 Å². The monoisotopic (exact) mass is 2150 g/mol. The van der Waals surface area contributed by atoms with Crippen LogP contribution in [-0.2, 0) is 133 Å². The number of carboxylic acids is 1. The summed E-state index contributed by atoms with van der Waals surface area (Å²) in [4.78, 5) is 91.0. The summed E-state index contributed by atoms with van der Waals surface area (Å²) in [7, 11) is 0. The first-order valence-electron chi connectivity index (χ1n) is 46.4. The van der Waals surface area contributed by atoms with Gasteiger partial charge in [0, 0.05) is 41.0 Å². The Bertz CT molecular complexity index is 4180. The fourth-order valence-electron chi connectivity index (χ4n) is 19.0. The van der Waals surface area contributed by atoms with Gasteiger partial charge in [0.2, 0.25) is 35.4 Å². The molecule has 0 spiro atoms. The van der Waals surface area contributed by atoms with E-state index in [4.69, 9.17) is 99.5 Å². The molecule has 11 fully saturated rings. The van der Waals surface area contributed by atoms with Crippen molar-refractivity contribution in [2.45, 2.75) is 384 Å². The number of carbonyl (C=O) groups is 7. The number of ether oxygens (including phenoxy) is 21. The Balaban J connectivity index is 0.869. The molecule has 0 unspecified atom stereocenters. The zero-order valence-corrected chi connectivity index (χ0v) is 78.7. The van der Waals surface area contributed by atoms with Gasteiger partial charge in [-0.2, -0.15) is 0 Å². The highest BCUT2D eigenvalue weighted by molar-refractivity contribution is 5.78. The Morgan fingerprint density at radius 2 is 0.571 bits per heavy atom. The van der Waals surface area contributed by atoms with Gasteiger partial charge >= 0.3 is 5.97 Å². The van der Waals surface area contributed by atoms with Gasteiger partial charge in [-0.25, -0.2) is 4.79 Å². The van der Waals surface area contributed by atoms with E-state index in [1.165, 1.54) is 0 Å². The minimum atomic E-state index is -3.41. The lowest BCUT2D eigenvalue weighted by atomic mass is 9.88. The number of amides is 6. The van der Waals surface area contributed by atoms with Crippen molar-refractivity contribution in [3.05, 3.63) is 0 Å². The highest BCUT2D eigenvalue weighted by Gasteiger charge is 2.65. The van der Waals surface area contributed by atoms with Crippen LogP contribution in [0.25, 0.3) is 0 Å². The maximum Gasteiger partial charge on any atom is 0.364 e. The molecule has 11 saturated heterocycles. The van der Waals surface area contributed by atoms with Crippen LogP contribution in [0.5, 0.6) is 0 Å². The van der Waals surface area contributed by atoms with E-state index in [1.807, 2.05) is 0 Å². The molecule has 11 heterocycles. The Hall–Kier alpha value is -5.79. The van der Waals surface area contributed by atoms with Crippen LogP contribution in [-0.4, -0.2) is 627 Å². The molecule has 11 aliphatic heterocycles. The van der Waals surface area contributed by atoms with Crippen LogP contribution in [0.4, 0.5) is 0 Å². The van der Waals surface area contributed by atoms with Crippen LogP contribution in [0.3, 0.4) is 0 Å². The SMILES string of the molecule is CC(=O)N[C@@H]1[C@@H](O[C@@H]2O[C@H](CO)[C@H](O)[C@H](O[C@@H]3O[C@H](CO)[C@@H](O[C@@H]4O[C@H](CO)[C@H](O)[C@H](O[C@@H]5O[C@H](CO)[C@@H](O[C@@H]6O[C@H](CO[C@@H]7O[C@H](CO)[C@@H](O[C@@H]8O[C@H](CO)[C@H](O)[C@H](O)[C@H]8O)[C@H](O)[C@H]7NC(C)=O)[C@H](O)[C@H](O[C@@H]7O[C@H](CO)[C@@H](O[C@@H]8O[C@H](CO)[C@H](O)[C@H](O[C@]9(C(=O)O)C[C@H](O)[C@@H](NC(=O)CO)[C@H]([C@H](O)[C@H](O)CO)O9)[C@H]8O)[C@H](O)[C@H]7NC(C)=O)[C@H]6O)[C@H](O)[C@H]5NC(C)=O)[C@H]4O)[C@H](O)[C@H]3NC(C)=O)[C@H]2O)[C@@H](O)[C@@H](CO)O[C@@H]1O. The molecule has 56 atom stereocenters. The third-order valence-electron chi connectivity index (χ3n) is 26.5. The van der Waals surface area contributed by atoms with E-state index in [9.17, 15) is 197 Å². The first-order chi connectivity index (χ1) is 69.5. The topological polar surface area (TPSA) is 1030 Å². The van der Waals surface area contributed by atoms with Gasteiger partial charge in [-0.15, -0.1) is 0 Å². The molecule has 0 aromatic carbocycles. The highest BCUT2D eigenvalue weighted by Crippen LogP contribution is 2.44. The zero-order chi connectivity index (χ0) is 109. The number of rotatable bonds is 41. The smallest absolute Gasteiger partial charge is 0.364 e. The van der Waals surface area contributed by atoms with Crippen molar-refractivity contribution in [1.29, 1.82) is 0 Å². The maximum absolute atomic E-state index is 13.4. The number of aliphatic hydroxyl groups is 31. The first-order valence-corrected chi connectivity index (χ1v) is 46.4. The number of nitrogens with one attached hydrogen (secondary N) is 6. The van der Waals surface area contributed by atoms with Crippen LogP contribution < -0.4 is 31.9 Å². The Kier molecular flexibility index (Phi) is 43.9. The second kappa shape index (κ2) is 53.1. The standard InChI is InChI=1S/C81H134N6O60/c1-19(99)82-38-50(114)60(138-75-55(119)54(118)44(108)26(8-89)129-75)31(13-94)133-71(38)127-18-35-49(113)68(145-74-41(85-22(4)102)53(117)63(34(16-97)136-74)141-79-59(123)69(48(112)30(12-93)132-79)147-81(80(125)126)6-24(104)37(87-36(106)17-98)65(146-81)43(107)25(105)7-88)58(122)78(137-35)140-62-33(15-96)135-72(40(52(62)116)84-21(3)101)143-66-46(110)28(10-91)130-76(56(66)120)139-61-32(14-95)134-73(39(51(61)115)83-20(2)100)144-67-47(111)29(11-92)131-77(57(67)121)142-64-42(86-23(5)103)70(124)128-27(9-90)45(64)109/h24-35,37-79,88-98,104-105,107-124H,6-18H2,1-5H3,(H,82,99)(H,83,100)(H,84,101)(H,85,102)(H,86,103)(H,87,106)(H,125,126)/t24-,25+,26+,27+,28+,29+,30+,31+,32+,33+,34+,35+,37+,38+,39+,40+,41+,42+,43+,44-,45-,46-,47-,48-,49-,50+,51+,52+,53+,54-,55+,56+,57+,58+,59+,60+,61+,62+,63+,64+,65+,66-,67-,68-,69-,70-,71+,72-,73-,74-,75-,76-,77-,78-,79-,81-/m0/s1. The van der Waals surface area contributed by atoms with Crippen LogP contribution >= 0.6 is 0 Å². The van der Waals surface area contributed by atoms with E-state index in [2.05, 4.69) is 31.9 Å². The van der Waals surface area contributed by atoms with Gasteiger partial charge in [0.05, 0.1) is 84.8 Å². The average Bonchev–Trinajstić information content (AvgIpc) is 0.750. The fourth-order valence-corrected chi connectivity index (χ4v) is 19.0. The van der Waals surface area contributed by atoms with Crippen molar-refractivity contribution in [1.82, 2.24) is 31.9 Å². The number of hydrogen-bond acceptors (Lipinski definition) is 59. The molecule has 0 aliphatic carbocycles. The zero-order valence-electron chi connectivity index (χ0n) is 78.7. The van der Waals surface area contributed by atoms with Crippen LogP contribution in [0.2, 0.25) is 0 Å². The maximum atomic E-state index is 13.4. The summed E-state index contributed by atoms with van der Waals surface area (Å²) in [5.74, 6) is -11.9. The first kappa shape index (κ1) is 121. The molecular weight excluding hydrogens is 2020 g/mol. The van der Waals surface area contributed by atoms with E-state index >= 15 is 0 Å². The summed E-state index contributed by atoms with van der Waals surface area (Å²) < 4.78 is 124. The van der Waals surface area contributed by atoms with Gasteiger partial charge in [0.1, 0.15) is 269 Å². The molecule has 0 aromatic rings. The summed E-state index contributed by atoms with van der Waals surface area (Å²) in [6, 6.07) is -11.9. The van der Waals surface area contributed by atoms with E-state index in [0.717, 1.165) is 34.6 Å². The molecule has 11 aliphatic rings. The minimum Gasteiger partial charge on any atom is -0.477 e. The molecule has 0 saturated carbocycles. The van der Waals surface area contributed by atoms with Crippen molar-refractivity contribution in [3.63, 3.8) is 0 Å². The molecular formula is C81H134N6O60. The third-order valence-corrected chi connectivity index (χ3v) is 26.5. The van der Waals surface area contributed by atoms with Gasteiger partial charge in [-0.05, 0) is 0 Å². The predicted octanol–water partition coefficient (Wildman–Crippen LogP) is -25.9. The van der Waals surface area contributed by atoms with Gasteiger partial charge in [-0.3, -0.25) is 28.8 Å². The molecule has 147 heavy (non-hydrogen) atoms. The van der Waals surface area contributed by atoms with Gasteiger partial charge in [-0.1, -0.05) is 0 Å². The van der Waals surface area contributed by atoms with Crippen LogP contribution in [0.1, 0.15) is 41.0 Å². The molecule has 66 nitrogen and oxygen atoms in total. The van der Waals surface area contributed by atoms with Gasteiger partial charge in [0.15, 0.2) is 62.9 Å². The van der Waals surface area contributed by atoms with Crippen molar-refractivity contribution in [2.75, 3.05) is 79.3 Å². The lowest BCUT2D eigenvalue weighted by Gasteiger charge is -2.52. The predicted molar refractivity (Wildman–Crippen MR) is 451 cm³/mol. The second-order valence-corrected chi connectivity index (χ2v) is 36.7. The number of aliphatic carboxylic acids is 1. The molecule has 0 aromatic heterocycles. The van der Waals surface area contributed by atoms with Crippen molar-refractivity contribution >= 4 is 41.4 Å². The van der Waals surface area contributed by atoms with Crippen LogP contribution in [0.15, 0.2) is 0 Å². The lowest BCUT2D eigenvalue weighted by molar-refractivity contribution is -0.393. The lowest BCUT2D eigenvalue weighted by Crippen LogP contribution is -2.71. The molecule has 848 valence electrons. The second-order valence-electron chi connectivity index (χ2n) is 36.7. The van der Waals surface area contributed by atoms with E-state index in [1.54, 1.807) is 0 Å². The van der Waals surface area contributed by atoms with Crippen molar-refractivity contribution < 1.29 is 296 Å². The Labute approximate surface area is 830 Å².